The summed E-state index contributed by atoms with van der Waals surface area (Å²) < 4.78 is 39.4. The van der Waals surface area contributed by atoms with E-state index in [1.165, 1.54) is 0 Å². The van der Waals surface area contributed by atoms with E-state index in [1.54, 1.807) is 0 Å². The van der Waals surface area contributed by atoms with Crippen LogP contribution in [0, 0.1) is 0 Å². The van der Waals surface area contributed by atoms with Crippen molar-refractivity contribution in [2.75, 3.05) is 36.0 Å². The minimum Gasteiger partial charge on any atom is -0.398 e. The van der Waals surface area contributed by atoms with Gasteiger partial charge in [0.1, 0.15) is 5.82 Å². The Balaban J connectivity index is 1.79. The molecule has 0 saturated carbocycles. The number of hydrogen-bond acceptors (Lipinski definition) is 6. The summed E-state index contributed by atoms with van der Waals surface area (Å²) in [6.45, 7) is 4.71. The van der Waals surface area contributed by atoms with Crippen molar-refractivity contribution in [2.45, 2.75) is 51.2 Å². The van der Waals surface area contributed by atoms with Crippen molar-refractivity contribution in [3.05, 3.63) is 29.0 Å². The molecule has 1 aromatic carbocycles. The zero-order chi connectivity index (χ0) is 21.5. The molecule has 0 spiro atoms. The molecule has 1 unspecified atom stereocenters. The van der Waals surface area contributed by atoms with Crippen molar-refractivity contribution >= 4 is 17.2 Å². The Bertz CT molecular complexity index is 920. The normalized spacial score (nSPS) is 19.2. The quantitative estimate of drug-likeness (QED) is 0.657. The molecule has 0 radical (unpaired) electrons. The van der Waals surface area contributed by atoms with Crippen LogP contribution in [0.15, 0.2) is 12.1 Å². The monoisotopic (exact) mass is 420 g/mol. The molecule has 1 aliphatic heterocycles. The van der Waals surface area contributed by atoms with Crippen LogP contribution in [0.25, 0.3) is 11.4 Å². The smallest absolute Gasteiger partial charge is 0.398 e. The number of aryl methyl sites for hydroxylation is 1. The van der Waals surface area contributed by atoms with Gasteiger partial charge in [-0.1, -0.05) is 6.92 Å². The number of hydrogen-bond donors (Lipinski definition) is 3. The minimum atomic E-state index is -4.51. The van der Waals surface area contributed by atoms with Crippen LogP contribution < -0.4 is 21.7 Å². The van der Waals surface area contributed by atoms with Crippen LogP contribution in [-0.2, 0) is 19.0 Å². The van der Waals surface area contributed by atoms with E-state index < -0.39 is 11.7 Å². The van der Waals surface area contributed by atoms with Crippen molar-refractivity contribution < 1.29 is 13.2 Å². The molecule has 1 aliphatic carbocycles. The number of nitrogen functional groups attached to an aromatic ring is 2. The predicted molar refractivity (Wildman–Crippen MR) is 112 cm³/mol. The van der Waals surface area contributed by atoms with Crippen molar-refractivity contribution in [1.82, 2.24) is 15.3 Å². The van der Waals surface area contributed by atoms with Gasteiger partial charge in [-0.05, 0) is 50.8 Å². The third-order valence-electron chi connectivity index (χ3n) is 5.89. The minimum absolute atomic E-state index is 0.0593. The molecule has 9 heteroatoms. The van der Waals surface area contributed by atoms with Crippen molar-refractivity contribution in [3.8, 4) is 11.4 Å². The van der Waals surface area contributed by atoms with Gasteiger partial charge >= 0.3 is 6.18 Å². The highest BCUT2D eigenvalue weighted by Crippen LogP contribution is 2.39. The fraction of sp³-hybridized carbons (Fsp3) is 0.524. The van der Waals surface area contributed by atoms with E-state index in [0.29, 0.717) is 11.9 Å². The molecule has 1 fully saturated rings. The number of anilines is 3. The van der Waals surface area contributed by atoms with Gasteiger partial charge in [-0.25, -0.2) is 9.97 Å². The number of fused-ring (bicyclic) bond motifs is 1. The topological polar surface area (TPSA) is 93.1 Å². The average Bonchev–Trinajstić information content (AvgIpc) is 3.15. The second-order valence-electron chi connectivity index (χ2n) is 8.02. The Labute approximate surface area is 173 Å². The molecule has 162 valence electrons. The summed E-state index contributed by atoms with van der Waals surface area (Å²) >= 11 is 0. The van der Waals surface area contributed by atoms with Crippen molar-refractivity contribution in [2.24, 2.45) is 0 Å². The van der Waals surface area contributed by atoms with Crippen LogP contribution in [0.1, 0.15) is 43.0 Å². The molecular formula is C21H27F3N6. The molecule has 1 saturated heterocycles. The summed E-state index contributed by atoms with van der Waals surface area (Å²) in [6, 6.07) is 2.21. The van der Waals surface area contributed by atoms with Crippen LogP contribution in [0.3, 0.4) is 0 Å². The SMILES string of the molecule is CCNC1CCN(c2nc(-c3c(N)cc(C(F)(F)F)cc3N)nc3c2CCCC3)C1. The number of nitrogens with zero attached hydrogens (tertiary/aromatic N) is 3. The molecule has 6 nitrogen and oxygen atoms in total. The molecular weight excluding hydrogens is 393 g/mol. The second kappa shape index (κ2) is 7.94. The van der Waals surface area contributed by atoms with E-state index >= 15 is 0 Å². The number of nitrogens with two attached hydrogens (primary N) is 2. The van der Waals surface area contributed by atoms with E-state index in [1.807, 2.05) is 0 Å². The van der Waals surface area contributed by atoms with Crippen LogP contribution in [0.5, 0.6) is 0 Å². The van der Waals surface area contributed by atoms with Gasteiger partial charge in [0.15, 0.2) is 5.82 Å². The molecule has 1 atom stereocenters. The maximum Gasteiger partial charge on any atom is 0.416 e. The highest BCUT2D eigenvalue weighted by Gasteiger charge is 2.33. The Hall–Kier alpha value is -2.55. The standard InChI is InChI=1S/C21H27F3N6/c1-2-27-13-7-8-30(11-13)20-14-5-3-4-6-17(14)28-19(29-20)18-15(25)9-12(10-16(18)26)21(22,23)24/h9-10,13,27H,2-8,11,25-26H2,1H3. The Morgan fingerprint density at radius 2 is 1.83 bits per heavy atom. The number of nitrogens with one attached hydrogen (secondary N) is 1. The lowest BCUT2D eigenvalue weighted by Crippen LogP contribution is -2.33. The lowest BCUT2D eigenvalue weighted by atomic mass is 9.95. The average molecular weight is 420 g/mol. The first kappa shape index (κ1) is 20.7. The fourth-order valence-electron chi connectivity index (χ4n) is 4.47. The second-order valence-corrected chi connectivity index (χ2v) is 8.02. The lowest BCUT2D eigenvalue weighted by Gasteiger charge is -2.26. The van der Waals surface area contributed by atoms with Gasteiger partial charge in [0.05, 0.1) is 11.1 Å². The molecule has 4 rings (SSSR count). The van der Waals surface area contributed by atoms with Gasteiger partial charge < -0.3 is 21.7 Å². The fourth-order valence-corrected chi connectivity index (χ4v) is 4.47. The van der Waals surface area contributed by atoms with E-state index in [-0.39, 0.29) is 16.9 Å². The highest BCUT2D eigenvalue weighted by atomic mass is 19.4. The Morgan fingerprint density at radius 1 is 1.13 bits per heavy atom. The molecule has 2 aliphatic rings. The number of likely N-dealkylation sites (N-methyl/N-ethyl adjacent to an activating group) is 1. The predicted octanol–water partition coefficient (Wildman–Crippen LogP) is 3.39. The number of rotatable bonds is 4. The number of benzene rings is 1. The van der Waals surface area contributed by atoms with Crippen LogP contribution in [0.2, 0.25) is 0 Å². The van der Waals surface area contributed by atoms with Gasteiger partial charge in [0.25, 0.3) is 0 Å². The molecule has 30 heavy (non-hydrogen) atoms. The van der Waals surface area contributed by atoms with E-state index in [9.17, 15) is 13.2 Å². The zero-order valence-electron chi connectivity index (χ0n) is 17.0. The Morgan fingerprint density at radius 3 is 2.50 bits per heavy atom. The van der Waals surface area contributed by atoms with Gasteiger partial charge in [0.2, 0.25) is 0 Å². The third kappa shape index (κ3) is 3.90. The summed E-state index contributed by atoms with van der Waals surface area (Å²) in [5.41, 5.74) is 13.4. The van der Waals surface area contributed by atoms with Crippen LogP contribution >= 0.6 is 0 Å². The van der Waals surface area contributed by atoms with Gasteiger partial charge in [-0.3, -0.25) is 0 Å². The molecule has 2 aromatic rings. The summed E-state index contributed by atoms with van der Waals surface area (Å²) in [5, 5.41) is 3.48. The maximum absolute atomic E-state index is 13.1. The number of alkyl halides is 3. The molecule has 1 aromatic heterocycles. The lowest BCUT2D eigenvalue weighted by molar-refractivity contribution is -0.137. The van der Waals surface area contributed by atoms with E-state index in [2.05, 4.69) is 22.1 Å². The summed E-state index contributed by atoms with van der Waals surface area (Å²) in [7, 11) is 0. The maximum atomic E-state index is 13.1. The highest BCUT2D eigenvalue weighted by molar-refractivity contribution is 5.84. The van der Waals surface area contributed by atoms with E-state index in [0.717, 1.165) is 80.9 Å². The molecule has 2 heterocycles. The summed E-state index contributed by atoms with van der Waals surface area (Å²) in [5.74, 6) is 1.18. The van der Waals surface area contributed by atoms with Crippen LogP contribution in [-0.4, -0.2) is 35.6 Å². The largest absolute Gasteiger partial charge is 0.416 e. The van der Waals surface area contributed by atoms with Crippen LogP contribution in [0.4, 0.5) is 30.4 Å². The van der Waals surface area contributed by atoms with Crippen molar-refractivity contribution in [3.63, 3.8) is 0 Å². The number of aromatic nitrogens is 2. The van der Waals surface area contributed by atoms with Gasteiger partial charge in [-0.2, -0.15) is 13.2 Å². The molecule has 0 amide bonds. The summed E-state index contributed by atoms with van der Waals surface area (Å²) in [6.07, 6.45) is 0.346. The van der Waals surface area contributed by atoms with Crippen molar-refractivity contribution in [1.29, 1.82) is 0 Å². The summed E-state index contributed by atoms with van der Waals surface area (Å²) in [4.78, 5) is 11.7. The third-order valence-corrected chi connectivity index (χ3v) is 5.89. The first-order valence-corrected chi connectivity index (χ1v) is 10.4. The van der Waals surface area contributed by atoms with E-state index in [4.69, 9.17) is 16.5 Å². The van der Waals surface area contributed by atoms with Gasteiger partial charge in [0, 0.05) is 41.8 Å². The molecule has 0 bridgehead atoms. The zero-order valence-corrected chi connectivity index (χ0v) is 17.0. The first-order valence-electron chi connectivity index (χ1n) is 10.4. The van der Waals surface area contributed by atoms with Gasteiger partial charge in [-0.15, -0.1) is 0 Å². The number of halogens is 3. The first-order chi connectivity index (χ1) is 14.3. The molecule has 5 N–H and O–H groups in total. The Kier molecular flexibility index (Phi) is 5.48.